The summed E-state index contributed by atoms with van der Waals surface area (Å²) in [6.07, 6.45) is 0.200. The second-order valence-corrected chi connectivity index (χ2v) is 5.67. The molecule has 1 saturated heterocycles. The number of non-ortho nitro benzene ring substituents is 1. The fourth-order valence-electron chi connectivity index (χ4n) is 2.29. The van der Waals surface area contributed by atoms with Crippen molar-refractivity contribution in [2.24, 2.45) is 0 Å². The Bertz CT molecular complexity index is 482. The summed E-state index contributed by atoms with van der Waals surface area (Å²) in [5.74, 6) is 0. The minimum Gasteiger partial charge on any atom is -0.374 e. The Morgan fingerprint density at radius 2 is 2.40 bits per heavy atom. The van der Waals surface area contributed by atoms with Gasteiger partial charge in [-0.2, -0.15) is 0 Å². The molecular weight excluding hydrogens is 326 g/mol. The number of hydrogen-bond acceptors (Lipinski definition) is 5. The third-order valence-corrected chi connectivity index (χ3v) is 4.03. The standard InChI is InChI=1S/C13H18BrN3O3/c1-15-7-12-9-16(4-5-20-12)8-10-2-3-11(17(18)19)6-13(10)14/h2-3,6,12,15H,4-5,7-9H2,1H3. The number of nitrogens with zero attached hydrogens (tertiary/aromatic N) is 2. The van der Waals surface area contributed by atoms with Gasteiger partial charge in [-0.15, -0.1) is 0 Å². The smallest absolute Gasteiger partial charge is 0.270 e. The molecule has 0 spiro atoms. The molecule has 0 amide bonds. The normalized spacial score (nSPS) is 20.0. The van der Waals surface area contributed by atoms with Gasteiger partial charge in [-0.1, -0.05) is 15.9 Å². The van der Waals surface area contributed by atoms with E-state index in [1.807, 2.05) is 13.1 Å². The second kappa shape index (κ2) is 7.12. The quantitative estimate of drug-likeness (QED) is 0.651. The molecule has 1 aliphatic heterocycles. The zero-order chi connectivity index (χ0) is 14.5. The minimum atomic E-state index is -0.383. The maximum Gasteiger partial charge on any atom is 0.270 e. The van der Waals surface area contributed by atoms with Crippen molar-refractivity contribution in [3.63, 3.8) is 0 Å². The number of halogens is 1. The molecule has 1 heterocycles. The second-order valence-electron chi connectivity index (χ2n) is 4.82. The number of ether oxygens (including phenoxy) is 1. The summed E-state index contributed by atoms with van der Waals surface area (Å²) in [6, 6.07) is 4.91. The Kier molecular flexibility index (Phi) is 5.47. The Morgan fingerprint density at radius 3 is 3.05 bits per heavy atom. The van der Waals surface area contributed by atoms with Crippen LogP contribution in [0.5, 0.6) is 0 Å². The Morgan fingerprint density at radius 1 is 1.60 bits per heavy atom. The summed E-state index contributed by atoms with van der Waals surface area (Å²) < 4.78 is 6.44. The third-order valence-electron chi connectivity index (χ3n) is 3.30. The van der Waals surface area contributed by atoms with E-state index in [2.05, 4.69) is 26.1 Å². The first-order valence-corrected chi connectivity index (χ1v) is 7.31. The van der Waals surface area contributed by atoms with Crippen molar-refractivity contribution >= 4 is 21.6 Å². The van der Waals surface area contributed by atoms with E-state index in [9.17, 15) is 10.1 Å². The first kappa shape index (κ1) is 15.4. The Balaban J connectivity index is 2.00. The van der Waals surface area contributed by atoms with Crippen molar-refractivity contribution in [1.82, 2.24) is 10.2 Å². The molecule has 0 bridgehead atoms. The van der Waals surface area contributed by atoms with Crippen LogP contribution in [-0.4, -0.2) is 49.2 Å². The number of hydrogen-bond donors (Lipinski definition) is 1. The van der Waals surface area contributed by atoms with E-state index in [0.717, 1.165) is 42.8 Å². The molecule has 0 aliphatic carbocycles. The van der Waals surface area contributed by atoms with Crippen LogP contribution in [0.15, 0.2) is 22.7 Å². The summed E-state index contributed by atoms with van der Waals surface area (Å²) in [7, 11) is 1.91. The maximum atomic E-state index is 10.7. The Hall–Kier alpha value is -1.02. The molecule has 6 nitrogen and oxygen atoms in total. The number of rotatable bonds is 5. The molecule has 0 saturated carbocycles. The van der Waals surface area contributed by atoms with Crippen molar-refractivity contribution in [2.75, 3.05) is 33.3 Å². The minimum absolute atomic E-state index is 0.107. The molecular formula is C13H18BrN3O3. The lowest BCUT2D eigenvalue weighted by Gasteiger charge is -2.33. The van der Waals surface area contributed by atoms with E-state index in [4.69, 9.17) is 4.74 Å². The monoisotopic (exact) mass is 343 g/mol. The SMILES string of the molecule is CNCC1CN(Cc2ccc([N+](=O)[O-])cc2Br)CCO1. The lowest BCUT2D eigenvalue weighted by molar-refractivity contribution is -0.384. The first-order chi connectivity index (χ1) is 9.60. The number of nitrogens with one attached hydrogen (secondary N) is 1. The van der Waals surface area contributed by atoms with Crippen LogP contribution >= 0.6 is 15.9 Å². The average Bonchev–Trinajstić information content (AvgIpc) is 2.42. The van der Waals surface area contributed by atoms with Crippen LogP contribution in [0.25, 0.3) is 0 Å². The van der Waals surface area contributed by atoms with Crippen LogP contribution < -0.4 is 5.32 Å². The zero-order valence-corrected chi connectivity index (χ0v) is 12.9. The molecule has 2 rings (SSSR count). The van der Waals surface area contributed by atoms with Gasteiger partial charge in [0, 0.05) is 42.8 Å². The van der Waals surface area contributed by atoms with Gasteiger partial charge >= 0.3 is 0 Å². The molecule has 0 aromatic heterocycles. The molecule has 1 atom stereocenters. The maximum absolute atomic E-state index is 10.7. The van der Waals surface area contributed by atoms with Crippen LogP contribution in [0.3, 0.4) is 0 Å². The van der Waals surface area contributed by atoms with Crippen LogP contribution in [0.4, 0.5) is 5.69 Å². The topological polar surface area (TPSA) is 67.6 Å². The van der Waals surface area contributed by atoms with Crippen molar-refractivity contribution in [1.29, 1.82) is 0 Å². The molecule has 110 valence electrons. The molecule has 7 heteroatoms. The molecule has 1 aromatic rings. The van der Waals surface area contributed by atoms with Crippen molar-refractivity contribution in [3.8, 4) is 0 Å². The fraction of sp³-hybridized carbons (Fsp3) is 0.538. The zero-order valence-electron chi connectivity index (χ0n) is 11.3. The van der Waals surface area contributed by atoms with E-state index in [-0.39, 0.29) is 16.7 Å². The van der Waals surface area contributed by atoms with Gasteiger partial charge in [-0.25, -0.2) is 0 Å². The first-order valence-electron chi connectivity index (χ1n) is 6.51. The Labute approximate surface area is 126 Å². The van der Waals surface area contributed by atoms with E-state index in [0.29, 0.717) is 0 Å². The molecule has 1 fully saturated rings. The summed E-state index contributed by atoms with van der Waals surface area (Å²) in [5, 5.41) is 13.8. The summed E-state index contributed by atoms with van der Waals surface area (Å²) in [5.41, 5.74) is 1.16. The third kappa shape index (κ3) is 3.99. The number of nitro benzene ring substituents is 1. The number of nitro groups is 1. The summed E-state index contributed by atoms with van der Waals surface area (Å²) >= 11 is 3.41. The van der Waals surface area contributed by atoms with Crippen LogP contribution in [0.1, 0.15) is 5.56 Å². The highest BCUT2D eigenvalue weighted by molar-refractivity contribution is 9.10. The predicted octanol–water partition coefficient (Wildman–Crippen LogP) is 1.78. The number of likely N-dealkylation sites (N-methyl/N-ethyl adjacent to an activating group) is 1. The fourth-order valence-corrected chi connectivity index (χ4v) is 2.79. The molecule has 20 heavy (non-hydrogen) atoms. The highest BCUT2D eigenvalue weighted by Gasteiger charge is 2.20. The number of benzene rings is 1. The van der Waals surface area contributed by atoms with Gasteiger partial charge in [0.15, 0.2) is 0 Å². The van der Waals surface area contributed by atoms with Gasteiger partial charge in [0.25, 0.3) is 5.69 Å². The van der Waals surface area contributed by atoms with Crippen molar-refractivity contribution in [2.45, 2.75) is 12.6 Å². The largest absolute Gasteiger partial charge is 0.374 e. The van der Waals surface area contributed by atoms with Gasteiger partial charge in [-0.3, -0.25) is 15.0 Å². The average molecular weight is 344 g/mol. The highest BCUT2D eigenvalue weighted by atomic mass is 79.9. The van der Waals surface area contributed by atoms with Crippen molar-refractivity contribution in [3.05, 3.63) is 38.3 Å². The highest BCUT2D eigenvalue weighted by Crippen LogP contribution is 2.24. The molecule has 1 aliphatic rings. The molecule has 0 radical (unpaired) electrons. The van der Waals surface area contributed by atoms with Crippen LogP contribution in [0, 0.1) is 10.1 Å². The lowest BCUT2D eigenvalue weighted by Crippen LogP contribution is -2.45. The van der Waals surface area contributed by atoms with Gasteiger partial charge in [0.05, 0.1) is 17.6 Å². The van der Waals surface area contributed by atoms with Gasteiger partial charge in [0.1, 0.15) is 0 Å². The van der Waals surface area contributed by atoms with Crippen LogP contribution in [-0.2, 0) is 11.3 Å². The lowest BCUT2D eigenvalue weighted by atomic mass is 10.1. The van der Waals surface area contributed by atoms with Crippen LogP contribution in [0.2, 0.25) is 0 Å². The van der Waals surface area contributed by atoms with E-state index < -0.39 is 0 Å². The summed E-state index contributed by atoms with van der Waals surface area (Å²) in [4.78, 5) is 12.6. The number of morpholine rings is 1. The van der Waals surface area contributed by atoms with E-state index in [1.165, 1.54) is 0 Å². The molecule has 1 unspecified atom stereocenters. The molecule has 1 N–H and O–H groups in total. The van der Waals surface area contributed by atoms with E-state index in [1.54, 1.807) is 12.1 Å². The van der Waals surface area contributed by atoms with Crippen molar-refractivity contribution < 1.29 is 9.66 Å². The van der Waals surface area contributed by atoms with Gasteiger partial charge in [0.2, 0.25) is 0 Å². The van der Waals surface area contributed by atoms with Gasteiger partial charge in [-0.05, 0) is 18.7 Å². The summed E-state index contributed by atoms with van der Waals surface area (Å²) in [6.45, 7) is 4.06. The van der Waals surface area contributed by atoms with Gasteiger partial charge < -0.3 is 10.1 Å². The van der Waals surface area contributed by atoms with E-state index >= 15 is 0 Å². The molecule has 1 aromatic carbocycles. The predicted molar refractivity (Wildman–Crippen MR) is 79.7 cm³/mol.